The fourth-order valence-electron chi connectivity index (χ4n) is 4.17. The molecule has 2 N–H and O–H groups in total. The van der Waals surface area contributed by atoms with Crippen LogP contribution in [0, 0.1) is 32.5 Å². The van der Waals surface area contributed by atoms with E-state index in [9.17, 15) is 23.6 Å². The number of rotatable bonds is 10. The Morgan fingerprint density at radius 1 is 1.11 bits per heavy atom. The maximum absolute atomic E-state index is 14.1. The van der Waals surface area contributed by atoms with Crippen LogP contribution in [-0.2, 0) is 20.9 Å². The number of aromatic nitrogens is 1. The number of Topliss-reactive ketones (excluding diaryl/α,β-unsaturated/α-hetero) is 1. The first-order chi connectivity index (χ1) is 17.0. The summed E-state index contributed by atoms with van der Waals surface area (Å²) in [5.41, 5.74) is 1.48. The van der Waals surface area contributed by atoms with E-state index in [1.807, 2.05) is 0 Å². The van der Waals surface area contributed by atoms with Crippen LogP contribution >= 0.6 is 0 Å². The number of ketones is 1. The Hall–Kier alpha value is -3.56. The second-order valence-corrected chi connectivity index (χ2v) is 9.35. The fourth-order valence-corrected chi connectivity index (χ4v) is 4.17. The summed E-state index contributed by atoms with van der Waals surface area (Å²) < 4.78 is 19.4. The molecule has 3 rings (SSSR count). The number of benzene rings is 1. The number of aryl methyl sites for hydroxylation is 3. The standard InChI is InChI=1S/C26H33FN4O5/c1-15-7-8-19(20(27)11-15)14-28-25(34)16(2)12-22(32)21(13-23(33)31-9-5-6-10-31)30-26(35)24-17(3)29-18(4)36-24/h7-8,11,16,21H,5-6,9-10,12-14H2,1-4H3,(H,28,34)(H,30,35)/t16-,21+/m1/s1. The number of halogens is 1. The van der Waals surface area contributed by atoms with Crippen molar-refractivity contribution in [1.29, 1.82) is 0 Å². The Morgan fingerprint density at radius 3 is 2.42 bits per heavy atom. The van der Waals surface area contributed by atoms with Crippen molar-refractivity contribution in [3.8, 4) is 0 Å². The molecule has 36 heavy (non-hydrogen) atoms. The van der Waals surface area contributed by atoms with Gasteiger partial charge in [-0.15, -0.1) is 0 Å². The summed E-state index contributed by atoms with van der Waals surface area (Å²) in [4.78, 5) is 57.1. The van der Waals surface area contributed by atoms with Crippen molar-refractivity contribution < 1.29 is 28.0 Å². The topological polar surface area (TPSA) is 122 Å². The zero-order valence-electron chi connectivity index (χ0n) is 21.2. The van der Waals surface area contributed by atoms with Crippen LogP contribution in [0.4, 0.5) is 4.39 Å². The predicted octanol–water partition coefficient (Wildman–Crippen LogP) is 2.76. The average Bonchev–Trinajstić information content (AvgIpc) is 3.47. The number of likely N-dealkylation sites (tertiary alicyclic amines) is 1. The number of nitrogens with zero attached hydrogens (tertiary/aromatic N) is 2. The Labute approximate surface area is 209 Å². The lowest BCUT2D eigenvalue weighted by atomic mass is 9.97. The van der Waals surface area contributed by atoms with Gasteiger partial charge >= 0.3 is 0 Å². The van der Waals surface area contributed by atoms with Crippen LogP contribution in [0.15, 0.2) is 22.6 Å². The maximum atomic E-state index is 14.1. The molecule has 0 unspecified atom stereocenters. The number of hydrogen-bond acceptors (Lipinski definition) is 6. The first-order valence-corrected chi connectivity index (χ1v) is 12.1. The van der Waals surface area contributed by atoms with Gasteiger partial charge in [-0.2, -0.15) is 0 Å². The van der Waals surface area contributed by atoms with Gasteiger partial charge in [-0.25, -0.2) is 9.37 Å². The molecule has 2 atom stereocenters. The summed E-state index contributed by atoms with van der Waals surface area (Å²) in [5, 5.41) is 5.25. The van der Waals surface area contributed by atoms with Gasteiger partial charge in [0, 0.05) is 44.5 Å². The molecule has 1 saturated heterocycles. The number of amides is 3. The molecule has 1 aromatic heterocycles. The summed E-state index contributed by atoms with van der Waals surface area (Å²) in [6, 6.07) is 3.61. The predicted molar refractivity (Wildman–Crippen MR) is 129 cm³/mol. The minimum absolute atomic E-state index is 0.0127. The molecule has 2 heterocycles. The molecular weight excluding hydrogens is 467 g/mol. The van der Waals surface area contributed by atoms with Gasteiger partial charge in [-0.1, -0.05) is 19.1 Å². The van der Waals surface area contributed by atoms with Crippen LogP contribution in [0.25, 0.3) is 0 Å². The SMILES string of the molecule is Cc1ccc(CNC(=O)[C@H](C)CC(=O)[C@H](CC(=O)N2CCCC2)NC(=O)c2oc(C)nc2C)c(F)c1. The molecule has 10 heteroatoms. The van der Waals surface area contributed by atoms with E-state index >= 15 is 0 Å². The number of carbonyl (C=O) groups excluding carboxylic acids is 4. The second-order valence-electron chi connectivity index (χ2n) is 9.35. The Bertz CT molecular complexity index is 1140. The highest BCUT2D eigenvalue weighted by Gasteiger charge is 2.31. The molecule has 3 amide bonds. The average molecular weight is 501 g/mol. The Morgan fingerprint density at radius 2 is 1.81 bits per heavy atom. The van der Waals surface area contributed by atoms with E-state index in [4.69, 9.17) is 4.42 Å². The lowest BCUT2D eigenvalue weighted by molar-refractivity contribution is -0.134. The minimum Gasteiger partial charge on any atom is -0.436 e. The summed E-state index contributed by atoms with van der Waals surface area (Å²) in [6.07, 6.45) is 1.38. The van der Waals surface area contributed by atoms with E-state index in [1.165, 1.54) is 6.07 Å². The van der Waals surface area contributed by atoms with Crippen molar-refractivity contribution in [1.82, 2.24) is 20.5 Å². The monoisotopic (exact) mass is 500 g/mol. The van der Waals surface area contributed by atoms with Crippen LogP contribution in [0.3, 0.4) is 0 Å². The van der Waals surface area contributed by atoms with Gasteiger partial charge in [-0.3, -0.25) is 19.2 Å². The Kier molecular flexibility index (Phi) is 8.95. The zero-order valence-corrected chi connectivity index (χ0v) is 21.2. The van der Waals surface area contributed by atoms with Crippen molar-refractivity contribution in [2.24, 2.45) is 5.92 Å². The first kappa shape index (κ1) is 27.0. The molecule has 0 bridgehead atoms. The van der Waals surface area contributed by atoms with Gasteiger partial charge in [0.05, 0.1) is 18.2 Å². The molecule has 1 fully saturated rings. The van der Waals surface area contributed by atoms with Crippen LogP contribution in [-0.4, -0.2) is 52.5 Å². The number of hydrogen-bond donors (Lipinski definition) is 2. The lowest BCUT2D eigenvalue weighted by Crippen LogP contribution is -2.46. The molecule has 9 nitrogen and oxygen atoms in total. The van der Waals surface area contributed by atoms with E-state index in [0.29, 0.717) is 30.2 Å². The van der Waals surface area contributed by atoms with E-state index in [2.05, 4.69) is 15.6 Å². The highest BCUT2D eigenvalue weighted by molar-refractivity contribution is 5.99. The molecule has 1 aromatic carbocycles. The van der Waals surface area contributed by atoms with E-state index in [0.717, 1.165) is 18.4 Å². The third kappa shape index (κ3) is 6.99. The lowest BCUT2D eigenvalue weighted by Gasteiger charge is -2.22. The largest absolute Gasteiger partial charge is 0.436 e. The van der Waals surface area contributed by atoms with Crippen molar-refractivity contribution in [3.63, 3.8) is 0 Å². The summed E-state index contributed by atoms with van der Waals surface area (Å²) in [6.45, 7) is 7.77. The third-order valence-corrected chi connectivity index (χ3v) is 6.26. The van der Waals surface area contributed by atoms with E-state index in [1.54, 1.807) is 44.7 Å². The third-order valence-electron chi connectivity index (χ3n) is 6.26. The van der Waals surface area contributed by atoms with Crippen LogP contribution in [0.2, 0.25) is 0 Å². The quantitative estimate of drug-likeness (QED) is 0.517. The highest BCUT2D eigenvalue weighted by Crippen LogP contribution is 2.16. The van der Waals surface area contributed by atoms with E-state index in [-0.39, 0.29) is 31.1 Å². The number of nitrogens with one attached hydrogen (secondary N) is 2. The van der Waals surface area contributed by atoms with Crippen molar-refractivity contribution in [2.45, 2.75) is 66.0 Å². The number of oxazole rings is 1. The molecule has 2 aromatic rings. The molecule has 0 spiro atoms. The normalized spacial score (nSPS) is 14.9. The van der Waals surface area contributed by atoms with Gasteiger partial charge in [0.1, 0.15) is 5.82 Å². The van der Waals surface area contributed by atoms with Gasteiger partial charge in [-0.05, 0) is 38.3 Å². The number of carbonyl (C=O) groups is 4. The van der Waals surface area contributed by atoms with Gasteiger partial charge < -0.3 is 20.0 Å². The van der Waals surface area contributed by atoms with Gasteiger partial charge in [0.25, 0.3) is 5.91 Å². The van der Waals surface area contributed by atoms with Crippen molar-refractivity contribution in [2.75, 3.05) is 13.1 Å². The smallest absolute Gasteiger partial charge is 0.289 e. The summed E-state index contributed by atoms with van der Waals surface area (Å²) >= 11 is 0. The summed E-state index contributed by atoms with van der Waals surface area (Å²) in [5.74, 6) is -2.64. The molecule has 1 aliphatic rings. The summed E-state index contributed by atoms with van der Waals surface area (Å²) in [7, 11) is 0. The fraction of sp³-hybridized carbons (Fsp3) is 0.500. The Balaban J connectivity index is 1.65. The van der Waals surface area contributed by atoms with Crippen molar-refractivity contribution >= 4 is 23.5 Å². The second kappa shape index (κ2) is 11.9. The molecule has 1 aliphatic heterocycles. The zero-order chi connectivity index (χ0) is 26.4. The molecule has 0 saturated carbocycles. The first-order valence-electron chi connectivity index (χ1n) is 12.1. The maximum Gasteiger partial charge on any atom is 0.289 e. The molecule has 0 radical (unpaired) electrons. The van der Waals surface area contributed by atoms with Gasteiger partial charge in [0.2, 0.25) is 17.6 Å². The minimum atomic E-state index is -1.12. The van der Waals surface area contributed by atoms with Gasteiger partial charge in [0.15, 0.2) is 11.7 Å². The highest BCUT2D eigenvalue weighted by atomic mass is 19.1. The molecule has 0 aliphatic carbocycles. The molecule has 194 valence electrons. The van der Waals surface area contributed by atoms with Crippen LogP contribution < -0.4 is 10.6 Å². The van der Waals surface area contributed by atoms with Crippen molar-refractivity contribution in [3.05, 3.63) is 52.5 Å². The van der Waals surface area contributed by atoms with E-state index < -0.39 is 35.4 Å². The van der Waals surface area contributed by atoms with Crippen LogP contribution in [0.1, 0.15) is 65.9 Å². The van der Waals surface area contributed by atoms with Crippen LogP contribution in [0.5, 0.6) is 0 Å². The molecular formula is C26H33FN4O5.